The van der Waals surface area contributed by atoms with Gasteiger partial charge in [0.2, 0.25) is 5.91 Å². The molecule has 0 fully saturated rings. The minimum Gasteiger partial charge on any atom is -0.460 e. The third-order valence-corrected chi connectivity index (χ3v) is 2.81. The molecule has 2 aromatic rings. The number of para-hydroxylation sites is 1. The number of benzene rings is 1. The van der Waals surface area contributed by atoms with Gasteiger partial charge in [0.05, 0.1) is 11.3 Å². The van der Waals surface area contributed by atoms with Gasteiger partial charge in [-0.2, -0.15) is 0 Å². The Morgan fingerprint density at radius 1 is 1.25 bits per heavy atom. The number of carbonyl (C=O) groups is 1. The molecule has 2 rings (SSSR count). The van der Waals surface area contributed by atoms with Gasteiger partial charge < -0.3 is 15.9 Å². The van der Waals surface area contributed by atoms with E-state index in [9.17, 15) is 4.79 Å². The van der Waals surface area contributed by atoms with Gasteiger partial charge in [-0.25, -0.2) is 0 Å². The van der Waals surface area contributed by atoms with Gasteiger partial charge in [-0.1, -0.05) is 18.2 Å². The van der Waals surface area contributed by atoms with Crippen molar-refractivity contribution in [3.8, 4) is 0 Å². The molecule has 0 atom stereocenters. The second-order valence-electron chi connectivity index (χ2n) is 4.33. The molecule has 1 amide bonds. The maximum absolute atomic E-state index is 11.6. The third kappa shape index (κ3) is 2.77. The summed E-state index contributed by atoms with van der Waals surface area (Å²) in [5.41, 5.74) is 12.4. The molecule has 0 aliphatic carbocycles. The average Bonchev–Trinajstić information content (AvgIpc) is 2.83. The number of hydrogen-bond donors (Lipinski definition) is 3. The van der Waals surface area contributed by atoms with Crippen molar-refractivity contribution in [3.05, 3.63) is 59.6 Å². The van der Waals surface area contributed by atoms with Gasteiger partial charge in [0.1, 0.15) is 5.76 Å². The predicted molar refractivity (Wildman–Crippen MR) is 78.3 cm³/mol. The van der Waals surface area contributed by atoms with Crippen molar-refractivity contribution in [1.82, 2.24) is 0 Å². The first kappa shape index (κ1) is 13.6. The van der Waals surface area contributed by atoms with E-state index in [1.165, 1.54) is 6.08 Å². The summed E-state index contributed by atoms with van der Waals surface area (Å²) >= 11 is 0. The second-order valence-corrected chi connectivity index (χ2v) is 4.33. The number of nitrogen functional groups attached to an aromatic ring is 1. The van der Waals surface area contributed by atoms with Crippen LogP contribution in [0.15, 0.2) is 46.9 Å². The Labute approximate surface area is 116 Å². The molecule has 1 heterocycles. The fraction of sp³-hybridized carbons (Fsp3) is 0.0667. The van der Waals surface area contributed by atoms with E-state index in [0.717, 1.165) is 0 Å². The lowest BCUT2D eigenvalue weighted by atomic mass is 10.0. The number of furan rings is 1. The van der Waals surface area contributed by atoms with Gasteiger partial charge in [0.15, 0.2) is 5.76 Å². The van der Waals surface area contributed by atoms with E-state index in [1.807, 2.05) is 0 Å². The molecule has 102 valence electrons. The number of carbonyl (C=O) groups excluding carboxylic acids is 1. The van der Waals surface area contributed by atoms with Crippen molar-refractivity contribution in [3.63, 3.8) is 0 Å². The zero-order valence-electron chi connectivity index (χ0n) is 11.0. The summed E-state index contributed by atoms with van der Waals surface area (Å²) in [5, 5.41) is 7.97. The highest BCUT2D eigenvalue weighted by Gasteiger charge is 2.13. The molecule has 1 aromatic carbocycles. The van der Waals surface area contributed by atoms with Crippen LogP contribution in [0.1, 0.15) is 17.1 Å². The zero-order valence-corrected chi connectivity index (χ0v) is 11.0. The lowest BCUT2D eigenvalue weighted by Gasteiger charge is -2.07. The van der Waals surface area contributed by atoms with Crippen molar-refractivity contribution in [2.45, 2.75) is 6.92 Å². The van der Waals surface area contributed by atoms with E-state index in [0.29, 0.717) is 22.8 Å². The van der Waals surface area contributed by atoms with Crippen LogP contribution < -0.4 is 11.5 Å². The molecule has 20 heavy (non-hydrogen) atoms. The molecule has 0 saturated heterocycles. The van der Waals surface area contributed by atoms with Gasteiger partial charge in [0.25, 0.3) is 0 Å². The van der Waals surface area contributed by atoms with E-state index in [-0.39, 0.29) is 11.3 Å². The Morgan fingerprint density at radius 2 is 1.95 bits per heavy atom. The highest BCUT2D eigenvalue weighted by molar-refractivity contribution is 6.26. The molecular weight excluding hydrogens is 254 g/mol. The topological polar surface area (TPSA) is 106 Å². The molecule has 0 radical (unpaired) electrons. The normalized spacial score (nSPS) is 11.3. The van der Waals surface area contributed by atoms with Crippen LogP contribution in [0.5, 0.6) is 0 Å². The maximum Gasteiger partial charge on any atom is 0.249 e. The Bertz CT molecular complexity index is 699. The summed E-state index contributed by atoms with van der Waals surface area (Å²) in [6.07, 6.45) is 1.37. The molecule has 1 aromatic heterocycles. The molecule has 0 unspecified atom stereocenters. The second kappa shape index (κ2) is 5.44. The number of amides is 1. The Kier molecular flexibility index (Phi) is 3.70. The van der Waals surface area contributed by atoms with Crippen LogP contribution in [0.25, 0.3) is 5.57 Å². The van der Waals surface area contributed by atoms with E-state index in [4.69, 9.17) is 21.3 Å². The molecule has 5 nitrogen and oxygen atoms in total. The highest BCUT2D eigenvalue weighted by Crippen LogP contribution is 2.22. The van der Waals surface area contributed by atoms with E-state index < -0.39 is 5.91 Å². The molecule has 0 aliphatic rings. The number of primary amides is 1. The molecule has 5 heteroatoms. The van der Waals surface area contributed by atoms with Crippen LogP contribution in [0.3, 0.4) is 0 Å². The minimum atomic E-state index is -0.643. The number of allylic oxidation sites excluding steroid dienone is 1. The summed E-state index contributed by atoms with van der Waals surface area (Å²) < 4.78 is 5.34. The number of aryl methyl sites for hydroxylation is 1. The SMILES string of the molecule is Cc1ccc(C(=N)/C=C(\C(N)=O)c2ccccc2N)o1. The molecular formula is C15H15N3O2. The first-order valence-corrected chi connectivity index (χ1v) is 6.01. The van der Waals surface area contributed by atoms with Gasteiger partial charge in [0, 0.05) is 11.3 Å². The summed E-state index contributed by atoms with van der Waals surface area (Å²) in [4.78, 5) is 11.6. The van der Waals surface area contributed by atoms with Crippen LogP contribution in [0.2, 0.25) is 0 Å². The van der Waals surface area contributed by atoms with E-state index >= 15 is 0 Å². The summed E-state index contributed by atoms with van der Waals surface area (Å²) in [6, 6.07) is 10.3. The fourth-order valence-corrected chi connectivity index (χ4v) is 1.82. The van der Waals surface area contributed by atoms with Gasteiger partial charge >= 0.3 is 0 Å². The zero-order chi connectivity index (χ0) is 14.7. The Hall–Kier alpha value is -2.82. The summed E-state index contributed by atoms with van der Waals surface area (Å²) in [6.45, 7) is 1.78. The van der Waals surface area contributed by atoms with Crippen LogP contribution in [-0.4, -0.2) is 11.6 Å². The van der Waals surface area contributed by atoms with Crippen LogP contribution in [0.4, 0.5) is 5.69 Å². The number of anilines is 1. The molecule has 5 N–H and O–H groups in total. The maximum atomic E-state index is 11.6. The lowest BCUT2D eigenvalue weighted by Crippen LogP contribution is -2.15. The Balaban J connectivity index is 2.44. The van der Waals surface area contributed by atoms with Gasteiger partial charge in [-0.05, 0) is 31.2 Å². The quantitative estimate of drug-likeness (QED) is 0.449. The van der Waals surface area contributed by atoms with Crippen molar-refractivity contribution in [2.75, 3.05) is 5.73 Å². The number of nitrogens with one attached hydrogen (secondary N) is 1. The minimum absolute atomic E-state index is 0.0650. The molecule has 0 bridgehead atoms. The molecule has 0 aliphatic heterocycles. The fourth-order valence-electron chi connectivity index (χ4n) is 1.82. The standard InChI is InChI=1S/C15H15N3O2/c1-9-6-7-14(20-9)13(17)8-11(15(18)19)10-4-2-3-5-12(10)16/h2-8,17H,16H2,1H3,(H2,18,19)/b11-8-,17-13?. The predicted octanol–water partition coefficient (Wildman–Crippen LogP) is 2.11. The van der Waals surface area contributed by atoms with Crippen molar-refractivity contribution < 1.29 is 9.21 Å². The Morgan fingerprint density at radius 3 is 2.50 bits per heavy atom. The van der Waals surface area contributed by atoms with Crippen molar-refractivity contribution in [2.24, 2.45) is 5.73 Å². The molecule has 0 saturated carbocycles. The van der Waals surface area contributed by atoms with Crippen LogP contribution in [-0.2, 0) is 4.79 Å². The lowest BCUT2D eigenvalue weighted by molar-refractivity contribution is -0.112. The van der Waals surface area contributed by atoms with Crippen molar-refractivity contribution in [1.29, 1.82) is 5.41 Å². The first-order valence-electron chi connectivity index (χ1n) is 6.01. The van der Waals surface area contributed by atoms with Crippen LogP contribution in [0, 0.1) is 12.3 Å². The van der Waals surface area contributed by atoms with Crippen LogP contribution >= 0.6 is 0 Å². The van der Waals surface area contributed by atoms with E-state index in [1.54, 1.807) is 43.3 Å². The number of hydrogen-bond acceptors (Lipinski definition) is 4. The first-order chi connectivity index (χ1) is 9.49. The molecule has 0 spiro atoms. The summed E-state index contributed by atoms with van der Waals surface area (Å²) in [5.74, 6) is 0.421. The van der Waals surface area contributed by atoms with Gasteiger partial charge in [-0.3, -0.25) is 10.2 Å². The number of rotatable bonds is 4. The highest BCUT2D eigenvalue weighted by atomic mass is 16.3. The third-order valence-electron chi connectivity index (χ3n) is 2.81. The van der Waals surface area contributed by atoms with E-state index in [2.05, 4.69) is 0 Å². The largest absolute Gasteiger partial charge is 0.460 e. The van der Waals surface area contributed by atoms with Gasteiger partial charge in [-0.15, -0.1) is 0 Å². The monoisotopic (exact) mass is 269 g/mol. The average molecular weight is 269 g/mol. The number of nitrogens with two attached hydrogens (primary N) is 2. The smallest absolute Gasteiger partial charge is 0.249 e. The van der Waals surface area contributed by atoms with Crippen molar-refractivity contribution >= 4 is 22.9 Å². The summed E-state index contributed by atoms with van der Waals surface area (Å²) in [7, 11) is 0.